The molecule has 0 aliphatic carbocycles. The van der Waals surface area contributed by atoms with Gasteiger partial charge in [0.05, 0.1) is 31.0 Å². The van der Waals surface area contributed by atoms with Gasteiger partial charge in [0.15, 0.2) is 5.65 Å². The van der Waals surface area contributed by atoms with Gasteiger partial charge in [0.1, 0.15) is 11.3 Å². The van der Waals surface area contributed by atoms with Gasteiger partial charge in [0.25, 0.3) is 5.91 Å². The molecule has 1 saturated heterocycles. The molecule has 0 bridgehead atoms. The molecule has 0 saturated carbocycles. The van der Waals surface area contributed by atoms with Crippen molar-refractivity contribution in [2.75, 3.05) is 38.3 Å². The van der Waals surface area contributed by atoms with Crippen molar-refractivity contribution >= 4 is 28.8 Å². The number of aromatic amines is 1. The Kier molecular flexibility index (Phi) is 5.93. The molecule has 2 aromatic rings. The third-order valence-corrected chi connectivity index (χ3v) is 4.67. The first-order chi connectivity index (χ1) is 13.4. The quantitative estimate of drug-likeness (QED) is 0.742. The predicted octanol–water partition coefficient (Wildman–Crippen LogP) is 0.946. The average molecular weight is 386 g/mol. The van der Waals surface area contributed by atoms with E-state index in [2.05, 4.69) is 26.8 Å². The third kappa shape index (κ3) is 4.14. The van der Waals surface area contributed by atoms with Gasteiger partial charge in [-0.1, -0.05) is 6.58 Å². The fourth-order valence-corrected chi connectivity index (χ4v) is 3.11. The second-order valence-corrected chi connectivity index (χ2v) is 7.08. The lowest BCUT2D eigenvalue weighted by Gasteiger charge is -2.30. The standard InChI is InChI=1S/C19H26N6O3/c1-5-16(26)25-6-7-28-11-13(10-25)24(4)15-9-21-18-17(23-15)14(8-20-18)19(27)22-12(2)3/h5,8-9,12-13H,1,6-7,10-11H2,2-4H3,(H,20,21)(H,22,27). The van der Waals surface area contributed by atoms with Gasteiger partial charge in [-0.05, 0) is 19.9 Å². The number of anilines is 1. The number of aromatic nitrogens is 3. The number of H-pyrrole nitrogens is 1. The summed E-state index contributed by atoms with van der Waals surface area (Å²) < 4.78 is 5.66. The summed E-state index contributed by atoms with van der Waals surface area (Å²) in [6.07, 6.45) is 4.58. The first-order valence-electron chi connectivity index (χ1n) is 9.27. The first kappa shape index (κ1) is 19.8. The van der Waals surface area contributed by atoms with Crippen molar-refractivity contribution in [2.24, 2.45) is 0 Å². The number of hydrogen-bond acceptors (Lipinski definition) is 6. The molecule has 0 spiro atoms. The Bertz CT molecular complexity index is 878. The Hall–Kier alpha value is -2.94. The fourth-order valence-electron chi connectivity index (χ4n) is 3.11. The lowest BCUT2D eigenvalue weighted by molar-refractivity contribution is -0.126. The summed E-state index contributed by atoms with van der Waals surface area (Å²) in [5.74, 6) is 0.284. The van der Waals surface area contributed by atoms with Crippen LogP contribution in [0, 0.1) is 0 Å². The molecule has 2 N–H and O–H groups in total. The van der Waals surface area contributed by atoms with E-state index in [-0.39, 0.29) is 23.9 Å². The molecule has 9 nitrogen and oxygen atoms in total. The number of ether oxygens (including phenoxy) is 1. The van der Waals surface area contributed by atoms with Crippen molar-refractivity contribution in [3.8, 4) is 0 Å². The van der Waals surface area contributed by atoms with Crippen molar-refractivity contribution < 1.29 is 14.3 Å². The zero-order chi connectivity index (χ0) is 20.3. The van der Waals surface area contributed by atoms with Crippen LogP contribution in [0.15, 0.2) is 25.0 Å². The number of likely N-dealkylation sites (N-methyl/N-ethyl adjacent to an activating group) is 1. The molecule has 1 aliphatic rings. The van der Waals surface area contributed by atoms with Crippen LogP contribution < -0.4 is 10.2 Å². The van der Waals surface area contributed by atoms with E-state index >= 15 is 0 Å². The minimum Gasteiger partial charge on any atom is -0.377 e. The highest BCUT2D eigenvalue weighted by Crippen LogP contribution is 2.20. The van der Waals surface area contributed by atoms with Crippen LogP contribution in [0.2, 0.25) is 0 Å². The molecule has 3 heterocycles. The Morgan fingerprint density at radius 2 is 2.29 bits per heavy atom. The normalized spacial score (nSPS) is 17.4. The average Bonchev–Trinajstić information content (AvgIpc) is 2.94. The molecule has 3 rings (SSSR count). The van der Waals surface area contributed by atoms with E-state index in [9.17, 15) is 9.59 Å². The number of hydrogen-bond donors (Lipinski definition) is 2. The van der Waals surface area contributed by atoms with Crippen LogP contribution in [-0.4, -0.2) is 77.1 Å². The molecule has 150 valence electrons. The van der Waals surface area contributed by atoms with Gasteiger partial charge in [-0.2, -0.15) is 0 Å². The van der Waals surface area contributed by atoms with Gasteiger partial charge < -0.3 is 24.8 Å². The maximum absolute atomic E-state index is 12.4. The van der Waals surface area contributed by atoms with Crippen molar-refractivity contribution in [2.45, 2.75) is 25.9 Å². The van der Waals surface area contributed by atoms with E-state index in [1.807, 2.05) is 25.8 Å². The summed E-state index contributed by atoms with van der Waals surface area (Å²) >= 11 is 0. The van der Waals surface area contributed by atoms with Gasteiger partial charge in [0, 0.05) is 32.4 Å². The Morgan fingerprint density at radius 1 is 1.50 bits per heavy atom. The zero-order valence-electron chi connectivity index (χ0n) is 16.4. The highest BCUT2D eigenvalue weighted by Gasteiger charge is 2.26. The molecule has 0 radical (unpaired) electrons. The molecule has 1 fully saturated rings. The highest BCUT2D eigenvalue weighted by molar-refractivity contribution is 6.04. The lowest BCUT2D eigenvalue weighted by Crippen LogP contribution is -2.45. The third-order valence-electron chi connectivity index (χ3n) is 4.67. The SMILES string of the molecule is C=CC(=O)N1CCOCC(N(C)c2cnc3[nH]cc(C(=O)NC(C)C)c3n2)C1. The van der Waals surface area contributed by atoms with E-state index in [1.54, 1.807) is 17.3 Å². The van der Waals surface area contributed by atoms with E-state index in [0.717, 1.165) is 0 Å². The molecule has 9 heteroatoms. The number of carbonyl (C=O) groups excluding carboxylic acids is 2. The molecular formula is C19H26N6O3. The smallest absolute Gasteiger partial charge is 0.255 e. The minimum atomic E-state index is -0.198. The summed E-state index contributed by atoms with van der Waals surface area (Å²) in [5, 5.41) is 2.87. The first-order valence-corrected chi connectivity index (χ1v) is 9.27. The zero-order valence-corrected chi connectivity index (χ0v) is 16.4. The Balaban J connectivity index is 1.86. The molecule has 28 heavy (non-hydrogen) atoms. The second-order valence-electron chi connectivity index (χ2n) is 7.08. The number of nitrogens with zero attached hydrogens (tertiary/aromatic N) is 4. The van der Waals surface area contributed by atoms with E-state index < -0.39 is 0 Å². The monoisotopic (exact) mass is 386 g/mol. The van der Waals surface area contributed by atoms with Crippen LogP contribution in [0.5, 0.6) is 0 Å². The highest BCUT2D eigenvalue weighted by atomic mass is 16.5. The molecule has 1 atom stereocenters. The summed E-state index contributed by atoms with van der Waals surface area (Å²) in [5.41, 5.74) is 1.51. The number of nitrogens with one attached hydrogen (secondary N) is 2. The van der Waals surface area contributed by atoms with Crippen molar-refractivity contribution in [1.29, 1.82) is 0 Å². The predicted molar refractivity (Wildman–Crippen MR) is 106 cm³/mol. The molecular weight excluding hydrogens is 360 g/mol. The number of carbonyl (C=O) groups is 2. The van der Waals surface area contributed by atoms with Crippen molar-refractivity contribution in [1.82, 2.24) is 25.2 Å². The fraction of sp³-hybridized carbons (Fsp3) is 0.474. The molecule has 2 aromatic heterocycles. The Labute approximate surface area is 163 Å². The van der Waals surface area contributed by atoms with Crippen LogP contribution >= 0.6 is 0 Å². The second kappa shape index (κ2) is 8.39. The Morgan fingerprint density at radius 3 is 3.00 bits per heavy atom. The maximum Gasteiger partial charge on any atom is 0.255 e. The summed E-state index contributed by atoms with van der Waals surface area (Å²) in [4.78, 5) is 40.1. The summed E-state index contributed by atoms with van der Waals surface area (Å²) in [6, 6.07) is -0.0715. The lowest BCUT2D eigenvalue weighted by atomic mass is 10.2. The van der Waals surface area contributed by atoms with E-state index in [1.165, 1.54) is 6.08 Å². The topological polar surface area (TPSA) is 103 Å². The van der Waals surface area contributed by atoms with Gasteiger partial charge in [-0.15, -0.1) is 0 Å². The molecule has 0 aromatic carbocycles. The largest absolute Gasteiger partial charge is 0.377 e. The minimum absolute atomic E-state index is 0.0211. The number of rotatable bonds is 5. The molecule has 1 aliphatic heterocycles. The van der Waals surface area contributed by atoms with Crippen LogP contribution in [0.4, 0.5) is 5.82 Å². The van der Waals surface area contributed by atoms with Gasteiger partial charge in [-0.25, -0.2) is 9.97 Å². The molecule has 1 unspecified atom stereocenters. The van der Waals surface area contributed by atoms with Crippen LogP contribution in [-0.2, 0) is 9.53 Å². The van der Waals surface area contributed by atoms with Crippen molar-refractivity contribution in [3.05, 3.63) is 30.6 Å². The van der Waals surface area contributed by atoms with Gasteiger partial charge in [0.2, 0.25) is 5.91 Å². The van der Waals surface area contributed by atoms with Crippen molar-refractivity contribution in [3.63, 3.8) is 0 Å². The number of amides is 2. The van der Waals surface area contributed by atoms with Crippen LogP contribution in [0.1, 0.15) is 24.2 Å². The summed E-state index contributed by atoms with van der Waals surface area (Å²) in [6.45, 7) is 9.33. The van der Waals surface area contributed by atoms with Gasteiger partial charge >= 0.3 is 0 Å². The van der Waals surface area contributed by atoms with Crippen LogP contribution in [0.25, 0.3) is 11.2 Å². The number of fused-ring (bicyclic) bond motifs is 1. The summed E-state index contributed by atoms with van der Waals surface area (Å²) in [7, 11) is 1.88. The molecule has 2 amide bonds. The maximum atomic E-state index is 12.4. The van der Waals surface area contributed by atoms with E-state index in [0.29, 0.717) is 48.8 Å². The van der Waals surface area contributed by atoms with E-state index in [4.69, 9.17) is 4.74 Å². The van der Waals surface area contributed by atoms with Gasteiger partial charge in [-0.3, -0.25) is 9.59 Å². The van der Waals surface area contributed by atoms with Crippen LogP contribution in [0.3, 0.4) is 0 Å².